The average Bonchev–Trinajstić information content (AvgIpc) is 2.77. The van der Waals surface area contributed by atoms with E-state index < -0.39 is 22.6 Å². The van der Waals surface area contributed by atoms with E-state index in [4.69, 9.17) is 0 Å². The van der Waals surface area contributed by atoms with Gasteiger partial charge in [-0.3, -0.25) is 9.69 Å². The van der Waals surface area contributed by atoms with Gasteiger partial charge in [-0.25, -0.2) is 4.79 Å². The van der Waals surface area contributed by atoms with Gasteiger partial charge in [-0.15, -0.1) is 0 Å². The van der Waals surface area contributed by atoms with E-state index in [-0.39, 0.29) is 11.4 Å². The molecular weight excluding hydrogens is 412 g/mol. The molecule has 1 heterocycles. The Morgan fingerprint density at radius 3 is 1.67 bits per heavy atom. The molecule has 1 amide bonds. The average molecular weight is 451 g/mol. The van der Waals surface area contributed by atoms with Crippen molar-refractivity contribution in [2.45, 2.75) is 83.5 Å². The number of carboxylic acids is 1. The number of carbonyl (C=O) groups excluding carboxylic acids is 1. The van der Waals surface area contributed by atoms with Crippen LogP contribution in [0.25, 0.3) is 0 Å². The zero-order chi connectivity index (χ0) is 24.7. The number of hydrogen-bond acceptors (Lipinski definition) is 3. The number of benzene rings is 2. The van der Waals surface area contributed by atoms with E-state index >= 15 is 0 Å². The van der Waals surface area contributed by atoms with Gasteiger partial charge >= 0.3 is 5.97 Å². The van der Waals surface area contributed by atoms with Crippen LogP contribution in [-0.2, 0) is 15.1 Å². The van der Waals surface area contributed by atoms with Crippen LogP contribution in [0.15, 0.2) is 60.7 Å². The fraction of sp³-hybridized carbons (Fsp3) is 0.500. The molecule has 0 aliphatic carbocycles. The lowest BCUT2D eigenvalue weighted by atomic mass is 9.69. The maximum atomic E-state index is 14.3. The maximum Gasteiger partial charge on any atom is 0.333 e. The van der Waals surface area contributed by atoms with Gasteiger partial charge in [0.25, 0.3) is 0 Å². The van der Waals surface area contributed by atoms with Crippen molar-refractivity contribution in [2.75, 3.05) is 6.54 Å². The Bertz CT molecular complexity index is 949. The Morgan fingerprint density at radius 1 is 0.909 bits per heavy atom. The molecule has 0 radical (unpaired) electrons. The van der Waals surface area contributed by atoms with Crippen LogP contribution in [-0.4, -0.2) is 49.9 Å². The van der Waals surface area contributed by atoms with Gasteiger partial charge in [-0.2, -0.15) is 0 Å². The maximum absolute atomic E-state index is 14.3. The highest BCUT2D eigenvalue weighted by molar-refractivity contribution is 5.92. The minimum absolute atomic E-state index is 0.00295. The van der Waals surface area contributed by atoms with Crippen LogP contribution in [0.5, 0.6) is 0 Å². The molecule has 0 spiro atoms. The van der Waals surface area contributed by atoms with E-state index in [2.05, 4.69) is 13.8 Å². The Balaban J connectivity index is 2.47. The predicted octanol–water partition coefficient (Wildman–Crippen LogP) is 5.29. The first-order valence-corrected chi connectivity index (χ1v) is 11.9. The normalized spacial score (nSPS) is 18.9. The molecule has 5 heteroatoms. The summed E-state index contributed by atoms with van der Waals surface area (Å²) >= 11 is 0. The molecule has 178 valence electrons. The third kappa shape index (κ3) is 3.76. The molecule has 0 unspecified atom stereocenters. The second-order valence-electron chi connectivity index (χ2n) is 10.7. The number of amides is 1. The largest absolute Gasteiger partial charge is 0.479 e. The smallest absolute Gasteiger partial charge is 0.333 e. The quantitative estimate of drug-likeness (QED) is 0.649. The minimum Gasteiger partial charge on any atom is -0.479 e. The number of hydrogen-bond donors (Lipinski definition) is 1. The Labute approximate surface area is 198 Å². The first-order valence-electron chi connectivity index (χ1n) is 11.9. The summed E-state index contributed by atoms with van der Waals surface area (Å²) in [6.07, 6.45) is 1.01. The molecule has 1 N–H and O–H groups in total. The molecule has 5 nitrogen and oxygen atoms in total. The fourth-order valence-electron chi connectivity index (χ4n) is 5.77. The van der Waals surface area contributed by atoms with Crippen molar-refractivity contribution in [1.29, 1.82) is 0 Å². The van der Waals surface area contributed by atoms with Crippen LogP contribution in [0, 0.1) is 0 Å². The van der Waals surface area contributed by atoms with Crippen LogP contribution < -0.4 is 0 Å². The van der Waals surface area contributed by atoms with Crippen molar-refractivity contribution in [3.63, 3.8) is 0 Å². The van der Waals surface area contributed by atoms with Crippen molar-refractivity contribution < 1.29 is 14.7 Å². The van der Waals surface area contributed by atoms with Crippen LogP contribution in [0.3, 0.4) is 0 Å². The van der Waals surface area contributed by atoms with Crippen LogP contribution in [0.4, 0.5) is 0 Å². The summed E-state index contributed by atoms with van der Waals surface area (Å²) in [4.78, 5) is 31.8. The molecule has 1 saturated heterocycles. The summed E-state index contributed by atoms with van der Waals surface area (Å²) < 4.78 is 0. The third-order valence-electron chi connectivity index (χ3n) is 7.23. The lowest BCUT2D eigenvalue weighted by Crippen LogP contribution is -2.80. The molecule has 33 heavy (non-hydrogen) atoms. The van der Waals surface area contributed by atoms with Crippen molar-refractivity contribution >= 4 is 11.9 Å². The summed E-state index contributed by atoms with van der Waals surface area (Å²) in [7, 11) is 0. The summed E-state index contributed by atoms with van der Waals surface area (Å²) in [6.45, 7) is 14.7. The number of carbonyl (C=O) groups is 2. The number of aliphatic carboxylic acids is 1. The fourth-order valence-corrected chi connectivity index (χ4v) is 5.77. The van der Waals surface area contributed by atoms with Crippen molar-refractivity contribution in [3.8, 4) is 0 Å². The molecule has 2 aromatic carbocycles. The highest BCUT2D eigenvalue weighted by atomic mass is 16.4. The molecule has 1 aliphatic heterocycles. The summed E-state index contributed by atoms with van der Waals surface area (Å²) in [5.41, 5.74) is -2.21. The van der Waals surface area contributed by atoms with Gasteiger partial charge in [0.05, 0.1) is 0 Å². The highest BCUT2D eigenvalue weighted by Gasteiger charge is 2.65. The van der Waals surface area contributed by atoms with Gasteiger partial charge in [-0.1, -0.05) is 74.5 Å². The van der Waals surface area contributed by atoms with Gasteiger partial charge < -0.3 is 10.0 Å². The lowest BCUT2D eigenvalue weighted by molar-refractivity contribution is -0.195. The van der Waals surface area contributed by atoms with E-state index in [9.17, 15) is 14.7 Å². The molecule has 3 rings (SSSR count). The zero-order valence-electron chi connectivity index (χ0n) is 21.1. The van der Waals surface area contributed by atoms with Crippen LogP contribution in [0.1, 0.15) is 72.4 Å². The summed E-state index contributed by atoms with van der Waals surface area (Å²) in [5, 5.41) is 11.1. The van der Waals surface area contributed by atoms with E-state index in [1.807, 2.05) is 105 Å². The van der Waals surface area contributed by atoms with E-state index in [1.54, 1.807) is 0 Å². The van der Waals surface area contributed by atoms with Crippen molar-refractivity contribution in [2.24, 2.45) is 0 Å². The number of carboxylic acid groups (broad SMARTS) is 1. The van der Waals surface area contributed by atoms with E-state index in [0.29, 0.717) is 30.5 Å². The second-order valence-corrected chi connectivity index (χ2v) is 10.7. The first-order chi connectivity index (χ1) is 15.4. The molecule has 0 bridgehead atoms. The molecule has 0 saturated carbocycles. The minimum atomic E-state index is -1.53. The Hall–Kier alpha value is -2.66. The molecule has 1 fully saturated rings. The Morgan fingerprint density at radius 2 is 1.33 bits per heavy atom. The predicted molar refractivity (Wildman–Crippen MR) is 132 cm³/mol. The number of rotatable bonds is 6. The molecule has 1 aliphatic rings. The van der Waals surface area contributed by atoms with Crippen LogP contribution >= 0.6 is 0 Å². The second kappa shape index (κ2) is 8.60. The van der Waals surface area contributed by atoms with Gasteiger partial charge in [0, 0.05) is 17.6 Å². The summed E-state index contributed by atoms with van der Waals surface area (Å²) in [6, 6.07) is 18.7. The molecular formula is C28H38N2O3. The van der Waals surface area contributed by atoms with Gasteiger partial charge in [-0.05, 0) is 58.6 Å². The Kier molecular flexibility index (Phi) is 6.51. The summed E-state index contributed by atoms with van der Waals surface area (Å²) in [5.74, 6) is -0.979. The van der Waals surface area contributed by atoms with Gasteiger partial charge in [0.1, 0.15) is 5.54 Å². The topological polar surface area (TPSA) is 60.9 Å². The van der Waals surface area contributed by atoms with Crippen molar-refractivity contribution in [3.05, 3.63) is 71.8 Å². The monoisotopic (exact) mass is 450 g/mol. The zero-order valence-corrected chi connectivity index (χ0v) is 21.1. The molecule has 0 aromatic heterocycles. The van der Waals surface area contributed by atoms with Gasteiger partial charge in [0.2, 0.25) is 5.91 Å². The SMILES string of the molecule is CCC1(CC)C(=O)N(C(C)(C)C)CC(C)(C)N1C(C(=O)O)(c1ccccc1)c1ccccc1. The standard InChI is InChI=1S/C28H38N2O3/c1-8-27(9-2)23(31)29(25(3,4)5)20-26(6,7)30(27)28(24(32)33,21-16-12-10-13-17-21)22-18-14-11-15-19-22/h10-19H,8-9,20H2,1-7H3,(H,32,33). The van der Waals surface area contributed by atoms with E-state index in [0.717, 1.165) is 0 Å². The van der Waals surface area contributed by atoms with Crippen molar-refractivity contribution in [1.82, 2.24) is 9.80 Å². The molecule has 2 aromatic rings. The van der Waals surface area contributed by atoms with Gasteiger partial charge in [0.15, 0.2) is 5.54 Å². The first kappa shape index (κ1) is 25.0. The third-order valence-corrected chi connectivity index (χ3v) is 7.23. The lowest BCUT2D eigenvalue weighted by Gasteiger charge is -2.64. The highest BCUT2D eigenvalue weighted by Crippen LogP contribution is 2.51. The number of piperazine rings is 1. The number of nitrogens with zero attached hydrogens (tertiary/aromatic N) is 2. The molecule has 0 atom stereocenters. The van der Waals surface area contributed by atoms with Crippen LogP contribution in [0.2, 0.25) is 0 Å². The van der Waals surface area contributed by atoms with E-state index in [1.165, 1.54) is 0 Å².